The Labute approximate surface area is 123 Å². The summed E-state index contributed by atoms with van der Waals surface area (Å²) in [6.45, 7) is 3.45. The Kier molecular flexibility index (Phi) is 4.09. The second-order valence-electron chi connectivity index (χ2n) is 4.95. The van der Waals surface area contributed by atoms with Gasteiger partial charge in [0.1, 0.15) is 18.9 Å². The summed E-state index contributed by atoms with van der Waals surface area (Å²) in [5, 5.41) is 6.35. The number of pyridine rings is 1. The Morgan fingerprint density at radius 1 is 1.00 bits per heavy atom. The van der Waals surface area contributed by atoms with Gasteiger partial charge in [0.25, 0.3) is 5.82 Å². The Hall–Kier alpha value is -2.43. The number of rotatable bonds is 3. The van der Waals surface area contributed by atoms with Gasteiger partial charge < -0.3 is 0 Å². The lowest BCUT2D eigenvalue weighted by Gasteiger charge is -2.28. The summed E-state index contributed by atoms with van der Waals surface area (Å²) in [4.78, 5) is 5.52. The fraction of sp³-hybridized carbons (Fsp3) is 0.250. The normalized spacial score (nSPS) is 15.7. The molecule has 0 saturated carbocycles. The molecule has 1 aromatic carbocycles. The minimum Gasteiger partial charge on any atom is -0.289 e. The molecule has 108 valence electrons. The van der Waals surface area contributed by atoms with Gasteiger partial charge in [0, 0.05) is 11.6 Å². The highest BCUT2D eigenvalue weighted by Crippen LogP contribution is 2.10. The van der Waals surface area contributed by atoms with Crippen LogP contribution in [0.25, 0.3) is 0 Å². The number of H-pyrrole nitrogens is 1. The van der Waals surface area contributed by atoms with Gasteiger partial charge in [0.15, 0.2) is 0 Å². The van der Waals surface area contributed by atoms with Crippen molar-refractivity contribution in [2.75, 3.05) is 31.1 Å². The number of aromatic amines is 1. The summed E-state index contributed by atoms with van der Waals surface area (Å²) in [6, 6.07) is 12.7. The number of nitrogens with one attached hydrogen (secondary N) is 1. The summed E-state index contributed by atoms with van der Waals surface area (Å²) in [7, 11) is 0. The van der Waals surface area contributed by atoms with E-state index in [0.29, 0.717) is 5.56 Å². The Morgan fingerprint density at radius 2 is 1.76 bits per heavy atom. The molecule has 1 aromatic heterocycles. The lowest BCUT2D eigenvalue weighted by Crippen LogP contribution is -2.45. The van der Waals surface area contributed by atoms with Crippen molar-refractivity contribution >= 4 is 12.0 Å². The highest BCUT2D eigenvalue weighted by atomic mass is 19.1. The van der Waals surface area contributed by atoms with Crippen LogP contribution in [0.15, 0.2) is 53.8 Å². The van der Waals surface area contributed by atoms with Crippen LogP contribution in [-0.4, -0.2) is 37.4 Å². The van der Waals surface area contributed by atoms with Crippen LogP contribution in [0.2, 0.25) is 0 Å². The molecule has 2 heterocycles. The van der Waals surface area contributed by atoms with Gasteiger partial charge in [-0.2, -0.15) is 5.10 Å². The fourth-order valence-electron chi connectivity index (χ4n) is 2.36. The fourth-order valence-corrected chi connectivity index (χ4v) is 2.36. The number of hydrazone groups is 1. The van der Waals surface area contributed by atoms with Gasteiger partial charge in [0.2, 0.25) is 0 Å². The standard InChI is InChI=1S/C16H17FN4/c17-15-6-2-1-5-14(15)13-19-21-11-9-20(10-12-21)16-7-3-4-8-18-16/h1-8,13H,9-12H2/p+1/b19-13+. The molecule has 1 N–H and O–H groups in total. The van der Waals surface area contributed by atoms with E-state index in [2.05, 4.69) is 21.1 Å². The van der Waals surface area contributed by atoms with Crippen LogP contribution in [0.4, 0.5) is 10.2 Å². The maximum Gasteiger partial charge on any atom is 0.274 e. The van der Waals surface area contributed by atoms with Crippen molar-refractivity contribution in [2.24, 2.45) is 5.10 Å². The molecule has 0 radical (unpaired) electrons. The third-order valence-corrected chi connectivity index (χ3v) is 3.55. The molecule has 1 aliphatic heterocycles. The zero-order valence-corrected chi connectivity index (χ0v) is 11.7. The molecule has 1 saturated heterocycles. The lowest BCUT2D eigenvalue weighted by molar-refractivity contribution is -0.364. The number of anilines is 1. The Bertz CT molecular complexity index is 607. The zero-order chi connectivity index (χ0) is 14.5. The second-order valence-corrected chi connectivity index (χ2v) is 4.95. The van der Waals surface area contributed by atoms with Crippen LogP contribution in [0.1, 0.15) is 5.56 Å². The van der Waals surface area contributed by atoms with Gasteiger partial charge in [0.05, 0.1) is 25.5 Å². The number of hydrogen-bond donors (Lipinski definition) is 0. The van der Waals surface area contributed by atoms with E-state index < -0.39 is 0 Å². The molecule has 0 bridgehead atoms. The molecule has 5 heteroatoms. The molecule has 3 rings (SSSR count). The smallest absolute Gasteiger partial charge is 0.274 e. The zero-order valence-electron chi connectivity index (χ0n) is 11.7. The molecule has 1 fully saturated rings. The summed E-state index contributed by atoms with van der Waals surface area (Å²) in [5.41, 5.74) is 0.524. The van der Waals surface area contributed by atoms with Crippen LogP contribution < -0.4 is 9.88 Å². The molecule has 0 aliphatic carbocycles. The summed E-state index contributed by atoms with van der Waals surface area (Å²) in [5.74, 6) is 0.883. The maximum absolute atomic E-state index is 13.5. The molecule has 0 unspecified atom stereocenters. The molecule has 0 spiro atoms. The Morgan fingerprint density at radius 3 is 2.48 bits per heavy atom. The SMILES string of the molecule is Fc1ccccc1/C=N/N1CCN(c2cccc[nH+]2)CC1. The number of piperazine rings is 1. The number of hydrogen-bond acceptors (Lipinski definition) is 3. The maximum atomic E-state index is 13.5. The van der Waals surface area contributed by atoms with E-state index in [1.54, 1.807) is 18.3 Å². The van der Waals surface area contributed by atoms with Gasteiger partial charge in [-0.15, -0.1) is 0 Å². The number of aromatic nitrogens is 1. The minimum atomic E-state index is -0.237. The first-order valence-corrected chi connectivity index (χ1v) is 7.08. The molecule has 4 nitrogen and oxygen atoms in total. The van der Waals surface area contributed by atoms with E-state index in [1.807, 2.05) is 29.4 Å². The van der Waals surface area contributed by atoms with E-state index in [0.717, 1.165) is 32.0 Å². The molecule has 2 aromatic rings. The highest BCUT2D eigenvalue weighted by Gasteiger charge is 2.21. The minimum absolute atomic E-state index is 0.237. The predicted molar refractivity (Wildman–Crippen MR) is 80.8 cm³/mol. The van der Waals surface area contributed by atoms with Crippen LogP contribution in [0.5, 0.6) is 0 Å². The van der Waals surface area contributed by atoms with Crippen molar-refractivity contribution in [2.45, 2.75) is 0 Å². The van der Waals surface area contributed by atoms with Crippen molar-refractivity contribution in [3.63, 3.8) is 0 Å². The second kappa shape index (κ2) is 6.35. The first-order chi connectivity index (χ1) is 10.3. The van der Waals surface area contributed by atoms with Crippen molar-refractivity contribution < 1.29 is 9.37 Å². The molecule has 0 atom stereocenters. The topological polar surface area (TPSA) is 33.0 Å². The van der Waals surface area contributed by atoms with E-state index >= 15 is 0 Å². The predicted octanol–water partition coefficient (Wildman–Crippen LogP) is 1.80. The molecule has 21 heavy (non-hydrogen) atoms. The summed E-state index contributed by atoms with van der Waals surface area (Å²) in [6.07, 6.45) is 3.53. The van der Waals surface area contributed by atoms with Crippen molar-refractivity contribution in [1.82, 2.24) is 5.01 Å². The van der Waals surface area contributed by atoms with Gasteiger partial charge in [-0.3, -0.25) is 9.91 Å². The van der Waals surface area contributed by atoms with Crippen LogP contribution >= 0.6 is 0 Å². The van der Waals surface area contributed by atoms with Crippen LogP contribution in [0, 0.1) is 5.82 Å². The third kappa shape index (κ3) is 3.37. The Balaban J connectivity index is 1.58. The number of halogens is 1. The molecular formula is C16H18FN4+. The molecule has 0 amide bonds. The monoisotopic (exact) mass is 285 g/mol. The lowest BCUT2D eigenvalue weighted by atomic mass is 10.2. The summed E-state index contributed by atoms with van der Waals surface area (Å²) >= 11 is 0. The first kappa shape index (κ1) is 13.5. The van der Waals surface area contributed by atoms with Crippen LogP contribution in [0.3, 0.4) is 0 Å². The van der Waals surface area contributed by atoms with Crippen molar-refractivity contribution in [1.29, 1.82) is 0 Å². The van der Waals surface area contributed by atoms with Gasteiger partial charge >= 0.3 is 0 Å². The molecular weight excluding hydrogens is 267 g/mol. The first-order valence-electron chi connectivity index (χ1n) is 7.08. The van der Waals surface area contributed by atoms with Crippen LogP contribution in [-0.2, 0) is 0 Å². The third-order valence-electron chi connectivity index (χ3n) is 3.55. The van der Waals surface area contributed by atoms with E-state index in [-0.39, 0.29) is 5.82 Å². The van der Waals surface area contributed by atoms with E-state index in [4.69, 9.17) is 0 Å². The van der Waals surface area contributed by atoms with Crippen molar-refractivity contribution in [3.8, 4) is 0 Å². The largest absolute Gasteiger partial charge is 0.289 e. The quantitative estimate of drug-likeness (QED) is 0.806. The average molecular weight is 285 g/mol. The summed E-state index contributed by atoms with van der Waals surface area (Å²) < 4.78 is 13.5. The van der Waals surface area contributed by atoms with Gasteiger partial charge in [-0.1, -0.05) is 24.3 Å². The molecule has 1 aliphatic rings. The highest BCUT2D eigenvalue weighted by molar-refractivity contribution is 5.79. The van der Waals surface area contributed by atoms with Gasteiger partial charge in [-0.05, 0) is 12.1 Å². The number of benzene rings is 1. The number of nitrogens with zero attached hydrogens (tertiary/aromatic N) is 3. The van der Waals surface area contributed by atoms with Crippen molar-refractivity contribution in [3.05, 3.63) is 60.0 Å². The van der Waals surface area contributed by atoms with E-state index in [9.17, 15) is 4.39 Å². The van der Waals surface area contributed by atoms with E-state index in [1.165, 1.54) is 6.07 Å². The average Bonchev–Trinajstić information content (AvgIpc) is 2.55. The van der Waals surface area contributed by atoms with Gasteiger partial charge in [-0.25, -0.2) is 9.37 Å².